The standard InChI is InChI=1S/C31H33N5O4.H2O/c1-34-15-17-36(18-16-34)20-27(37)35(2)24-12-10-23(11-13-24)32-29(21-7-5-4-6-8-21)28-25-14-9-22(31(39)40-3)19-26(25)33-30(28)38;/h4-14,19,32H,15-18,20H2,1-3H3,(H,33,38);1H2. The largest absolute Gasteiger partial charge is 0.465 e. The maximum atomic E-state index is 13.2. The molecule has 4 N–H and O–H groups in total. The van der Waals surface area contributed by atoms with Gasteiger partial charge in [-0.1, -0.05) is 36.4 Å². The number of carbonyl (C=O) groups excluding carboxylic acids is 3. The quantitative estimate of drug-likeness (QED) is 0.338. The van der Waals surface area contributed by atoms with Crippen molar-refractivity contribution < 1.29 is 24.6 Å². The summed E-state index contributed by atoms with van der Waals surface area (Å²) in [4.78, 5) is 44.3. The van der Waals surface area contributed by atoms with Gasteiger partial charge in [-0.25, -0.2) is 4.79 Å². The van der Waals surface area contributed by atoms with Crippen LogP contribution < -0.4 is 15.5 Å². The number of ether oxygens (including phenoxy) is 1. The Kier molecular flexibility index (Phi) is 9.18. The van der Waals surface area contributed by atoms with E-state index >= 15 is 0 Å². The number of carbonyl (C=O) groups is 3. The molecule has 10 heteroatoms. The van der Waals surface area contributed by atoms with Crippen LogP contribution in [0.3, 0.4) is 0 Å². The van der Waals surface area contributed by atoms with E-state index < -0.39 is 5.97 Å². The van der Waals surface area contributed by atoms with Crippen molar-refractivity contribution in [2.24, 2.45) is 0 Å². The van der Waals surface area contributed by atoms with E-state index in [-0.39, 0.29) is 17.3 Å². The van der Waals surface area contributed by atoms with E-state index in [9.17, 15) is 14.4 Å². The average Bonchev–Trinajstić information content (AvgIpc) is 3.31. The molecule has 41 heavy (non-hydrogen) atoms. The van der Waals surface area contributed by atoms with Gasteiger partial charge in [0.1, 0.15) is 0 Å². The van der Waals surface area contributed by atoms with Crippen molar-refractivity contribution in [1.29, 1.82) is 0 Å². The summed E-state index contributed by atoms with van der Waals surface area (Å²) in [5.74, 6) is -0.694. The normalized spacial score (nSPS) is 16.2. The first-order valence-corrected chi connectivity index (χ1v) is 13.2. The molecule has 2 heterocycles. The molecule has 0 bridgehead atoms. The summed E-state index contributed by atoms with van der Waals surface area (Å²) in [5, 5.41) is 6.31. The van der Waals surface area contributed by atoms with E-state index in [0.717, 1.165) is 43.1 Å². The van der Waals surface area contributed by atoms with E-state index in [2.05, 4.69) is 27.5 Å². The van der Waals surface area contributed by atoms with Gasteiger partial charge in [-0.05, 0) is 49.0 Å². The molecule has 2 amide bonds. The number of methoxy groups -OCH3 is 1. The number of benzene rings is 3. The van der Waals surface area contributed by atoms with Gasteiger partial charge in [0, 0.05) is 50.2 Å². The summed E-state index contributed by atoms with van der Waals surface area (Å²) in [6.07, 6.45) is 0. The molecule has 3 aromatic carbocycles. The van der Waals surface area contributed by atoms with Crippen LogP contribution >= 0.6 is 0 Å². The topological polar surface area (TPSA) is 126 Å². The van der Waals surface area contributed by atoms with Crippen LogP contribution in [0.4, 0.5) is 17.1 Å². The second-order valence-electron chi connectivity index (χ2n) is 10.0. The molecule has 214 valence electrons. The number of nitrogens with one attached hydrogen (secondary N) is 2. The van der Waals surface area contributed by atoms with Crippen molar-refractivity contribution >= 4 is 46.1 Å². The molecular formula is C31H35N5O5. The number of amides is 2. The number of piperazine rings is 1. The number of rotatable bonds is 7. The van der Waals surface area contributed by atoms with Gasteiger partial charge >= 0.3 is 5.97 Å². The lowest BCUT2D eigenvalue weighted by molar-refractivity contribution is -0.119. The van der Waals surface area contributed by atoms with E-state index in [1.807, 2.05) is 54.6 Å². The summed E-state index contributed by atoms with van der Waals surface area (Å²) in [6, 6.07) is 22.2. The van der Waals surface area contributed by atoms with Crippen molar-refractivity contribution in [2.45, 2.75) is 0 Å². The molecule has 2 aliphatic rings. The highest BCUT2D eigenvalue weighted by atomic mass is 16.5. The van der Waals surface area contributed by atoms with Crippen molar-refractivity contribution in [3.63, 3.8) is 0 Å². The van der Waals surface area contributed by atoms with Crippen LogP contribution in [-0.4, -0.2) is 87.0 Å². The third kappa shape index (κ3) is 6.46. The molecule has 1 saturated heterocycles. The van der Waals surface area contributed by atoms with Crippen LogP contribution in [0, 0.1) is 0 Å². The number of esters is 1. The summed E-state index contributed by atoms with van der Waals surface area (Å²) in [6.45, 7) is 4.09. The van der Waals surface area contributed by atoms with E-state index in [1.54, 1.807) is 30.1 Å². The molecule has 0 unspecified atom stereocenters. The van der Waals surface area contributed by atoms with Crippen molar-refractivity contribution in [3.8, 4) is 0 Å². The fourth-order valence-corrected chi connectivity index (χ4v) is 4.91. The van der Waals surface area contributed by atoms with Crippen LogP contribution in [0.1, 0.15) is 21.5 Å². The van der Waals surface area contributed by atoms with Gasteiger partial charge in [0.05, 0.1) is 36.2 Å². The van der Waals surface area contributed by atoms with Gasteiger partial charge in [0.2, 0.25) is 5.91 Å². The molecule has 0 atom stereocenters. The third-order valence-corrected chi connectivity index (χ3v) is 7.35. The minimum atomic E-state index is -0.469. The van der Waals surface area contributed by atoms with Crippen molar-refractivity contribution in [3.05, 3.63) is 89.5 Å². The zero-order valence-corrected chi connectivity index (χ0v) is 23.4. The Bertz CT molecular complexity index is 1450. The summed E-state index contributed by atoms with van der Waals surface area (Å²) < 4.78 is 4.82. The molecule has 0 aromatic heterocycles. The first kappa shape index (κ1) is 29.5. The minimum Gasteiger partial charge on any atom is -0.465 e. The first-order chi connectivity index (χ1) is 19.3. The lowest BCUT2D eigenvalue weighted by atomic mass is 9.99. The molecule has 5 rings (SSSR count). The molecule has 1 fully saturated rings. The number of anilines is 3. The molecule has 0 aliphatic carbocycles. The Morgan fingerprint density at radius 3 is 2.29 bits per heavy atom. The van der Waals surface area contributed by atoms with Gasteiger partial charge in [0.15, 0.2) is 0 Å². The highest BCUT2D eigenvalue weighted by molar-refractivity contribution is 6.37. The molecule has 0 radical (unpaired) electrons. The molecule has 3 aromatic rings. The SMILES string of the molecule is COC(=O)c1ccc2c(c1)NC(=O)C2=C(Nc1ccc(N(C)C(=O)CN2CCN(C)CC2)cc1)c1ccccc1.O. The maximum absolute atomic E-state index is 13.2. The molecule has 2 aliphatic heterocycles. The van der Waals surface area contributed by atoms with Gasteiger partial charge in [0.25, 0.3) is 5.91 Å². The zero-order chi connectivity index (χ0) is 28.2. The van der Waals surface area contributed by atoms with E-state index in [4.69, 9.17) is 4.74 Å². The Balaban J connectivity index is 0.00000387. The average molecular weight is 558 g/mol. The summed E-state index contributed by atoms with van der Waals surface area (Å²) >= 11 is 0. The lowest BCUT2D eigenvalue weighted by Gasteiger charge is -2.32. The minimum absolute atomic E-state index is 0. The fraction of sp³-hybridized carbons (Fsp3) is 0.258. The zero-order valence-electron chi connectivity index (χ0n) is 23.4. The Morgan fingerprint density at radius 1 is 0.951 bits per heavy atom. The Labute approximate surface area is 239 Å². The molecular weight excluding hydrogens is 522 g/mol. The molecule has 0 saturated carbocycles. The van der Waals surface area contributed by atoms with E-state index in [1.165, 1.54) is 7.11 Å². The highest BCUT2D eigenvalue weighted by Crippen LogP contribution is 2.38. The number of nitrogens with zero attached hydrogens (tertiary/aromatic N) is 3. The summed E-state index contributed by atoms with van der Waals surface area (Å²) in [7, 11) is 5.21. The maximum Gasteiger partial charge on any atom is 0.337 e. The number of hydrogen-bond acceptors (Lipinski definition) is 7. The fourth-order valence-electron chi connectivity index (χ4n) is 4.91. The van der Waals surface area contributed by atoms with E-state index in [0.29, 0.717) is 34.6 Å². The predicted molar refractivity (Wildman–Crippen MR) is 161 cm³/mol. The van der Waals surface area contributed by atoms with Crippen LogP contribution in [0.15, 0.2) is 72.8 Å². The monoisotopic (exact) mass is 557 g/mol. The van der Waals surface area contributed by atoms with Crippen molar-refractivity contribution in [2.75, 3.05) is 69.5 Å². The van der Waals surface area contributed by atoms with Crippen LogP contribution in [0.2, 0.25) is 0 Å². The smallest absolute Gasteiger partial charge is 0.337 e. The van der Waals surface area contributed by atoms with Crippen molar-refractivity contribution in [1.82, 2.24) is 9.80 Å². The van der Waals surface area contributed by atoms with Gasteiger partial charge < -0.3 is 30.6 Å². The lowest BCUT2D eigenvalue weighted by Crippen LogP contribution is -2.48. The predicted octanol–water partition coefficient (Wildman–Crippen LogP) is 2.79. The van der Waals surface area contributed by atoms with Gasteiger partial charge in [-0.2, -0.15) is 0 Å². The Morgan fingerprint density at radius 2 is 1.63 bits per heavy atom. The molecule has 10 nitrogen and oxygen atoms in total. The number of fused-ring (bicyclic) bond motifs is 1. The van der Waals surface area contributed by atoms with Gasteiger partial charge in [-0.15, -0.1) is 0 Å². The van der Waals surface area contributed by atoms with Crippen LogP contribution in [0.25, 0.3) is 11.3 Å². The highest BCUT2D eigenvalue weighted by Gasteiger charge is 2.29. The second-order valence-corrected chi connectivity index (χ2v) is 10.0. The first-order valence-electron chi connectivity index (χ1n) is 13.2. The van der Waals surface area contributed by atoms with Crippen LogP contribution in [-0.2, 0) is 14.3 Å². The Hall–Kier alpha value is -4.51. The summed E-state index contributed by atoms with van der Waals surface area (Å²) in [5.41, 5.74) is 5.10. The second kappa shape index (κ2) is 12.8. The third-order valence-electron chi connectivity index (χ3n) is 7.35. The molecule has 0 spiro atoms. The number of likely N-dealkylation sites (N-methyl/N-ethyl adjacent to an activating group) is 2. The van der Waals surface area contributed by atoms with Gasteiger partial charge in [-0.3, -0.25) is 14.5 Å². The van der Waals surface area contributed by atoms with Crippen LogP contribution in [0.5, 0.6) is 0 Å². The number of hydrogen-bond donors (Lipinski definition) is 2.